The summed E-state index contributed by atoms with van der Waals surface area (Å²) in [5.74, 6) is 0.769. The van der Waals surface area contributed by atoms with E-state index < -0.39 is 17.2 Å². The first kappa shape index (κ1) is 15.9. The minimum absolute atomic E-state index is 0.145. The molecule has 8 heteroatoms. The van der Waals surface area contributed by atoms with E-state index >= 15 is 0 Å². The van der Waals surface area contributed by atoms with Crippen molar-refractivity contribution in [3.63, 3.8) is 0 Å². The second kappa shape index (κ2) is 6.07. The first-order chi connectivity index (χ1) is 12.5. The lowest BCUT2D eigenvalue weighted by atomic mass is 10.2. The number of fused-ring (bicyclic) bond motifs is 2. The topological polar surface area (TPSA) is 91.6 Å². The molecular weight excluding hydrogens is 338 g/mol. The molecule has 0 atom stereocenters. The van der Waals surface area contributed by atoms with Gasteiger partial charge in [-0.25, -0.2) is 4.79 Å². The average molecular weight is 353 g/mol. The summed E-state index contributed by atoms with van der Waals surface area (Å²) in [6.45, 7) is -0.0753. The molecule has 2 heterocycles. The van der Waals surface area contributed by atoms with Crippen LogP contribution in [0.25, 0.3) is 10.9 Å². The normalized spacial score (nSPS) is 12.3. The zero-order valence-electron chi connectivity index (χ0n) is 13.9. The molecule has 0 fully saturated rings. The van der Waals surface area contributed by atoms with Crippen LogP contribution < -0.4 is 26.0 Å². The Kier molecular flexibility index (Phi) is 3.72. The molecule has 0 aliphatic carbocycles. The number of carbonyl (C=O) groups is 1. The predicted octanol–water partition coefficient (Wildman–Crippen LogP) is 1.07. The lowest BCUT2D eigenvalue weighted by Crippen LogP contribution is -2.40. The predicted molar refractivity (Wildman–Crippen MR) is 94.6 cm³/mol. The standard InChI is InChI=1S/C18H15N3O5/c1-20-17(23)12-4-2-3-5-13(12)21(18(20)24)9-16(22)19-11-6-7-14-15(8-11)26-10-25-14/h2-8H,9-10H2,1H3,(H,19,22). The quantitative estimate of drug-likeness (QED) is 0.760. The first-order valence-corrected chi connectivity index (χ1v) is 7.92. The van der Waals surface area contributed by atoms with E-state index in [0.717, 1.165) is 4.57 Å². The highest BCUT2D eigenvalue weighted by Crippen LogP contribution is 2.34. The van der Waals surface area contributed by atoms with Crippen LogP contribution >= 0.6 is 0 Å². The third kappa shape index (κ3) is 2.61. The number of rotatable bonds is 3. The lowest BCUT2D eigenvalue weighted by molar-refractivity contribution is -0.116. The molecule has 1 amide bonds. The van der Waals surface area contributed by atoms with Gasteiger partial charge < -0.3 is 14.8 Å². The minimum Gasteiger partial charge on any atom is -0.454 e. The van der Waals surface area contributed by atoms with Gasteiger partial charge in [0.2, 0.25) is 12.7 Å². The van der Waals surface area contributed by atoms with Gasteiger partial charge in [0.15, 0.2) is 11.5 Å². The number of hydrogen-bond acceptors (Lipinski definition) is 5. The molecule has 1 aliphatic heterocycles. The number of nitrogens with one attached hydrogen (secondary N) is 1. The summed E-state index contributed by atoms with van der Waals surface area (Å²) in [4.78, 5) is 37.1. The number of nitrogens with zero attached hydrogens (tertiary/aromatic N) is 2. The summed E-state index contributed by atoms with van der Waals surface area (Å²) >= 11 is 0. The van der Waals surface area contributed by atoms with Crippen molar-refractivity contribution in [1.82, 2.24) is 9.13 Å². The molecule has 0 saturated carbocycles. The molecule has 1 aromatic heterocycles. The van der Waals surface area contributed by atoms with Crippen molar-refractivity contribution < 1.29 is 14.3 Å². The molecule has 26 heavy (non-hydrogen) atoms. The molecule has 0 bridgehead atoms. The van der Waals surface area contributed by atoms with E-state index in [4.69, 9.17) is 9.47 Å². The van der Waals surface area contributed by atoms with Gasteiger partial charge in [-0.1, -0.05) is 12.1 Å². The number of aromatic nitrogens is 2. The molecule has 1 aliphatic rings. The number of para-hydroxylation sites is 1. The van der Waals surface area contributed by atoms with Crippen LogP contribution in [0.5, 0.6) is 11.5 Å². The van der Waals surface area contributed by atoms with Crippen molar-refractivity contribution in [1.29, 1.82) is 0 Å². The summed E-state index contributed by atoms with van der Waals surface area (Å²) in [5, 5.41) is 3.10. The number of anilines is 1. The van der Waals surface area contributed by atoms with E-state index in [-0.39, 0.29) is 13.3 Å². The maximum Gasteiger partial charge on any atom is 0.331 e. The lowest BCUT2D eigenvalue weighted by Gasteiger charge is -2.12. The summed E-state index contributed by atoms with van der Waals surface area (Å²) in [6, 6.07) is 11.7. The van der Waals surface area contributed by atoms with E-state index in [1.165, 1.54) is 11.6 Å². The Bertz CT molecular complexity index is 1150. The molecule has 132 valence electrons. The second-order valence-corrected chi connectivity index (χ2v) is 5.87. The van der Waals surface area contributed by atoms with Crippen molar-refractivity contribution in [3.8, 4) is 11.5 Å². The van der Waals surface area contributed by atoms with Gasteiger partial charge in [-0.05, 0) is 24.3 Å². The summed E-state index contributed by atoms with van der Waals surface area (Å²) in [6.07, 6.45) is 0. The maximum atomic E-state index is 12.5. The molecule has 4 rings (SSSR count). The molecule has 1 N–H and O–H groups in total. The Hall–Kier alpha value is -3.55. The summed E-state index contributed by atoms with van der Waals surface area (Å²) in [5.41, 5.74) is 0.00965. The molecule has 0 spiro atoms. The zero-order valence-corrected chi connectivity index (χ0v) is 13.9. The van der Waals surface area contributed by atoms with E-state index in [0.29, 0.717) is 28.1 Å². The van der Waals surface area contributed by atoms with E-state index in [2.05, 4.69) is 5.32 Å². The van der Waals surface area contributed by atoms with Gasteiger partial charge in [0.05, 0.1) is 10.9 Å². The van der Waals surface area contributed by atoms with E-state index in [1.807, 2.05) is 0 Å². The first-order valence-electron chi connectivity index (χ1n) is 7.92. The Labute approximate surface area is 147 Å². The van der Waals surface area contributed by atoms with Crippen LogP contribution in [-0.4, -0.2) is 21.8 Å². The molecule has 0 unspecified atom stereocenters. The van der Waals surface area contributed by atoms with Crippen LogP contribution in [0.4, 0.5) is 5.69 Å². The number of ether oxygens (including phenoxy) is 2. The van der Waals surface area contributed by atoms with Crippen LogP contribution in [-0.2, 0) is 18.4 Å². The minimum atomic E-state index is -0.547. The Morgan fingerprint density at radius 1 is 1.12 bits per heavy atom. The van der Waals surface area contributed by atoms with Crippen molar-refractivity contribution in [3.05, 3.63) is 63.3 Å². The van der Waals surface area contributed by atoms with Crippen molar-refractivity contribution in [2.45, 2.75) is 6.54 Å². The van der Waals surface area contributed by atoms with Gasteiger partial charge in [-0.15, -0.1) is 0 Å². The van der Waals surface area contributed by atoms with Crippen LogP contribution in [0.2, 0.25) is 0 Å². The highest BCUT2D eigenvalue weighted by Gasteiger charge is 2.16. The molecule has 0 saturated heterocycles. The average Bonchev–Trinajstić information content (AvgIpc) is 3.11. The highest BCUT2D eigenvalue weighted by molar-refractivity contribution is 5.92. The van der Waals surface area contributed by atoms with Crippen LogP contribution in [0, 0.1) is 0 Å². The SMILES string of the molecule is Cn1c(=O)c2ccccc2n(CC(=O)Nc2ccc3c(c2)OCO3)c1=O. The third-order valence-corrected chi connectivity index (χ3v) is 4.21. The van der Waals surface area contributed by atoms with Crippen LogP contribution in [0.15, 0.2) is 52.1 Å². The van der Waals surface area contributed by atoms with Crippen LogP contribution in [0.3, 0.4) is 0 Å². The Morgan fingerprint density at radius 3 is 2.73 bits per heavy atom. The monoisotopic (exact) mass is 353 g/mol. The van der Waals surface area contributed by atoms with E-state index in [1.54, 1.807) is 42.5 Å². The number of benzene rings is 2. The van der Waals surface area contributed by atoms with Gasteiger partial charge in [0.1, 0.15) is 6.54 Å². The van der Waals surface area contributed by atoms with Gasteiger partial charge in [-0.2, -0.15) is 0 Å². The number of carbonyl (C=O) groups excluding carboxylic acids is 1. The van der Waals surface area contributed by atoms with E-state index in [9.17, 15) is 14.4 Å². The molecule has 0 radical (unpaired) electrons. The fourth-order valence-corrected chi connectivity index (χ4v) is 2.91. The van der Waals surface area contributed by atoms with Crippen LogP contribution in [0.1, 0.15) is 0 Å². The number of amides is 1. The molecule has 3 aromatic rings. The van der Waals surface area contributed by atoms with Crippen molar-refractivity contribution in [2.24, 2.45) is 7.05 Å². The number of hydrogen-bond donors (Lipinski definition) is 1. The highest BCUT2D eigenvalue weighted by atomic mass is 16.7. The fourth-order valence-electron chi connectivity index (χ4n) is 2.91. The van der Waals surface area contributed by atoms with Crippen molar-refractivity contribution in [2.75, 3.05) is 12.1 Å². The molecular formula is C18H15N3O5. The molecule has 8 nitrogen and oxygen atoms in total. The summed E-state index contributed by atoms with van der Waals surface area (Å²) in [7, 11) is 1.39. The third-order valence-electron chi connectivity index (χ3n) is 4.21. The van der Waals surface area contributed by atoms with Gasteiger partial charge in [-0.3, -0.25) is 18.7 Å². The Morgan fingerprint density at radius 2 is 1.88 bits per heavy atom. The van der Waals surface area contributed by atoms with Gasteiger partial charge in [0, 0.05) is 18.8 Å². The van der Waals surface area contributed by atoms with Gasteiger partial charge >= 0.3 is 5.69 Å². The molecule has 2 aromatic carbocycles. The maximum absolute atomic E-state index is 12.5. The largest absolute Gasteiger partial charge is 0.454 e. The second-order valence-electron chi connectivity index (χ2n) is 5.87. The Balaban J connectivity index is 1.66. The summed E-state index contributed by atoms with van der Waals surface area (Å²) < 4.78 is 12.8. The van der Waals surface area contributed by atoms with Crippen molar-refractivity contribution >= 4 is 22.5 Å². The smallest absolute Gasteiger partial charge is 0.331 e. The van der Waals surface area contributed by atoms with Gasteiger partial charge in [0.25, 0.3) is 5.56 Å². The zero-order chi connectivity index (χ0) is 18.3. The fraction of sp³-hybridized carbons (Fsp3) is 0.167.